The number of nitrogens with one attached hydrogen (secondary N) is 2. The van der Waals surface area contributed by atoms with Crippen LogP contribution in [-0.4, -0.2) is 43.2 Å². The van der Waals surface area contributed by atoms with Gasteiger partial charge in [0, 0.05) is 12.0 Å². The van der Waals surface area contributed by atoms with E-state index in [1.54, 1.807) is 0 Å². The molecule has 0 unspecified atom stereocenters. The van der Waals surface area contributed by atoms with Crippen LogP contribution in [0.3, 0.4) is 0 Å². The number of aliphatic hydroxyl groups is 1. The second-order valence-electron chi connectivity index (χ2n) is 4.12. The SMILES string of the molecule is CCC(CC)(CO)CNC(=O)CNC(=O)CN. The van der Waals surface area contributed by atoms with E-state index in [1.165, 1.54) is 0 Å². The number of amides is 2. The molecule has 0 aliphatic heterocycles. The normalized spacial score (nSPS) is 11.1. The molecule has 2 amide bonds. The molecular formula is C11H23N3O3. The van der Waals surface area contributed by atoms with E-state index in [0.29, 0.717) is 6.54 Å². The lowest BCUT2D eigenvalue weighted by atomic mass is 9.83. The first-order valence-corrected chi connectivity index (χ1v) is 5.88. The molecule has 0 aromatic rings. The number of hydrogen-bond acceptors (Lipinski definition) is 4. The van der Waals surface area contributed by atoms with Gasteiger partial charge in [0.2, 0.25) is 11.8 Å². The first-order chi connectivity index (χ1) is 8.03. The van der Waals surface area contributed by atoms with Gasteiger partial charge in [0.05, 0.1) is 19.7 Å². The molecule has 0 aliphatic rings. The number of carbonyl (C=O) groups excluding carboxylic acids is 2. The van der Waals surface area contributed by atoms with Crippen LogP contribution in [0.25, 0.3) is 0 Å². The molecule has 6 nitrogen and oxygen atoms in total. The summed E-state index contributed by atoms with van der Waals surface area (Å²) >= 11 is 0. The summed E-state index contributed by atoms with van der Waals surface area (Å²) in [6, 6.07) is 0. The molecule has 0 aromatic heterocycles. The Bertz CT molecular complexity index is 244. The molecule has 0 atom stereocenters. The summed E-state index contributed by atoms with van der Waals surface area (Å²) in [6.45, 7) is 4.19. The minimum atomic E-state index is -0.362. The standard InChI is InChI=1S/C11H23N3O3/c1-3-11(4-2,8-15)7-14-10(17)6-13-9(16)5-12/h15H,3-8,12H2,1-2H3,(H,13,16)(H,14,17). The minimum Gasteiger partial charge on any atom is -0.396 e. The Morgan fingerprint density at radius 3 is 2.18 bits per heavy atom. The summed E-state index contributed by atoms with van der Waals surface area (Å²) in [5.74, 6) is -0.633. The van der Waals surface area contributed by atoms with Crippen molar-refractivity contribution in [2.45, 2.75) is 26.7 Å². The molecule has 17 heavy (non-hydrogen) atoms. The van der Waals surface area contributed by atoms with Gasteiger partial charge in [-0.2, -0.15) is 0 Å². The fourth-order valence-electron chi connectivity index (χ4n) is 1.38. The van der Waals surface area contributed by atoms with Gasteiger partial charge in [0.15, 0.2) is 0 Å². The largest absolute Gasteiger partial charge is 0.396 e. The molecule has 0 bridgehead atoms. The van der Waals surface area contributed by atoms with Gasteiger partial charge in [-0.15, -0.1) is 0 Å². The smallest absolute Gasteiger partial charge is 0.239 e. The van der Waals surface area contributed by atoms with Gasteiger partial charge < -0.3 is 21.5 Å². The van der Waals surface area contributed by atoms with Crippen molar-refractivity contribution in [2.75, 3.05) is 26.2 Å². The van der Waals surface area contributed by atoms with E-state index in [4.69, 9.17) is 5.73 Å². The van der Waals surface area contributed by atoms with Gasteiger partial charge in [-0.1, -0.05) is 13.8 Å². The number of hydrogen-bond donors (Lipinski definition) is 4. The van der Waals surface area contributed by atoms with Crippen molar-refractivity contribution in [3.8, 4) is 0 Å². The molecule has 0 saturated heterocycles. The number of nitrogens with two attached hydrogens (primary N) is 1. The highest BCUT2D eigenvalue weighted by Crippen LogP contribution is 2.24. The average Bonchev–Trinajstić information content (AvgIpc) is 2.38. The van der Waals surface area contributed by atoms with Crippen molar-refractivity contribution in [3.63, 3.8) is 0 Å². The summed E-state index contributed by atoms with van der Waals surface area (Å²) in [7, 11) is 0. The second-order valence-corrected chi connectivity index (χ2v) is 4.12. The predicted octanol–water partition coefficient (Wildman–Crippen LogP) is -1.02. The van der Waals surface area contributed by atoms with Gasteiger partial charge in [0.1, 0.15) is 0 Å². The van der Waals surface area contributed by atoms with Gasteiger partial charge in [-0.05, 0) is 12.8 Å². The molecule has 6 heteroatoms. The van der Waals surface area contributed by atoms with Crippen molar-refractivity contribution < 1.29 is 14.7 Å². The zero-order valence-corrected chi connectivity index (χ0v) is 10.6. The van der Waals surface area contributed by atoms with Crippen molar-refractivity contribution in [1.29, 1.82) is 0 Å². The van der Waals surface area contributed by atoms with Crippen LogP contribution in [-0.2, 0) is 9.59 Å². The fourth-order valence-corrected chi connectivity index (χ4v) is 1.38. The van der Waals surface area contributed by atoms with Crippen molar-refractivity contribution in [2.24, 2.45) is 11.1 Å². The molecule has 0 radical (unpaired) electrons. The van der Waals surface area contributed by atoms with E-state index >= 15 is 0 Å². The number of carbonyl (C=O) groups is 2. The Labute approximate surface area is 102 Å². The second kappa shape index (κ2) is 8.03. The molecule has 0 spiro atoms. The summed E-state index contributed by atoms with van der Waals surface area (Å²) in [6.07, 6.45) is 1.57. The van der Waals surface area contributed by atoms with Crippen LogP contribution in [0, 0.1) is 5.41 Å². The Balaban J connectivity index is 4.01. The quantitative estimate of drug-likeness (QED) is 0.439. The summed E-state index contributed by atoms with van der Waals surface area (Å²) < 4.78 is 0. The summed E-state index contributed by atoms with van der Waals surface area (Å²) in [5, 5.41) is 14.4. The van der Waals surface area contributed by atoms with Crippen LogP contribution in [0.4, 0.5) is 0 Å². The summed E-state index contributed by atoms with van der Waals surface area (Å²) in [4.78, 5) is 22.2. The van der Waals surface area contributed by atoms with Crippen LogP contribution in [0.2, 0.25) is 0 Å². The highest BCUT2D eigenvalue weighted by molar-refractivity contribution is 5.85. The topological polar surface area (TPSA) is 104 Å². The Hall–Kier alpha value is -1.14. The molecular weight excluding hydrogens is 222 g/mol. The van der Waals surface area contributed by atoms with E-state index < -0.39 is 0 Å². The van der Waals surface area contributed by atoms with Crippen molar-refractivity contribution >= 4 is 11.8 Å². The lowest BCUT2D eigenvalue weighted by Crippen LogP contribution is -2.44. The van der Waals surface area contributed by atoms with E-state index in [0.717, 1.165) is 12.8 Å². The van der Waals surface area contributed by atoms with Gasteiger partial charge in [-0.3, -0.25) is 9.59 Å². The van der Waals surface area contributed by atoms with E-state index in [9.17, 15) is 14.7 Å². The Kier molecular flexibility index (Phi) is 7.49. The van der Waals surface area contributed by atoms with E-state index in [2.05, 4.69) is 10.6 Å². The van der Waals surface area contributed by atoms with Crippen molar-refractivity contribution in [3.05, 3.63) is 0 Å². The third kappa shape index (κ3) is 5.65. The molecule has 0 heterocycles. The van der Waals surface area contributed by atoms with Gasteiger partial charge >= 0.3 is 0 Å². The minimum absolute atomic E-state index is 0.0371. The maximum Gasteiger partial charge on any atom is 0.239 e. The van der Waals surface area contributed by atoms with Crippen LogP contribution in [0.1, 0.15) is 26.7 Å². The van der Waals surface area contributed by atoms with Crippen molar-refractivity contribution in [1.82, 2.24) is 10.6 Å². The van der Waals surface area contributed by atoms with Crippen LogP contribution in [0.15, 0.2) is 0 Å². The highest BCUT2D eigenvalue weighted by atomic mass is 16.3. The number of aliphatic hydroxyl groups excluding tert-OH is 1. The van der Waals surface area contributed by atoms with E-state index in [1.807, 2.05) is 13.8 Å². The monoisotopic (exact) mass is 245 g/mol. The first-order valence-electron chi connectivity index (χ1n) is 5.88. The average molecular weight is 245 g/mol. The zero-order chi connectivity index (χ0) is 13.3. The Morgan fingerprint density at radius 1 is 1.18 bits per heavy atom. The number of rotatable bonds is 8. The van der Waals surface area contributed by atoms with Crippen LogP contribution >= 0.6 is 0 Å². The third-order valence-corrected chi connectivity index (χ3v) is 3.13. The molecule has 0 aromatic carbocycles. The van der Waals surface area contributed by atoms with Gasteiger partial charge in [-0.25, -0.2) is 0 Å². The summed E-state index contributed by atoms with van der Waals surface area (Å²) in [5.41, 5.74) is 4.82. The first kappa shape index (κ1) is 15.9. The lowest BCUT2D eigenvalue weighted by Gasteiger charge is -2.29. The maximum absolute atomic E-state index is 11.4. The maximum atomic E-state index is 11.4. The molecule has 5 N–H and O–H groups in total. The molecule has 0 fully saturated rings. The molecule has 100 valence electrons. The van der Waals surface area contributed by atoms with Crippen LogP contribution < -0.4 is 16.4 Å². The molecule has 0 aliphatic carbocycles. The predicted molar refractivity (Wildman–Crippen MR) is 65.2 cm³/mol. The highest BCUT2D eigenvalue weighted by Gasteiger charge is 2.25. The van der Waals surface area contributed by atoms with Crippen LogP contribution in [0.5, 0.6) is 0 Å². The van der Waals surface area contributed by atoms with Gasteiger partial charge in [0.25, 0.3) is 0 Å². The fraction of sp³-hybridized carbons (Fsp3) is 0.818. The third-order valence-electron chi connectivity index (χ3n) is 3.13. The zero-order valence-electron chi connectivity index (χ0n) is 10.6. The molecule has 0 rings (SSSR count). The Morgan fingerprint density at radius 2 is 1.76 bits per heavy atom. The van der Waals surface area contributed by atoms with E-state index in [-0.39, 0.29) is 36.9 Å². The lowest BCUT2D eigenvalue weighted by molar-refractivity contribution is -0.125. The molecule has 0 saturated carbocycles.